The summed E-state index contributed by atoms with van der Waals surface area (Å²) < 4.78 is 10.7. The third-order valence-corrected chi connectivity index (χ3v) is 6.06. The van der Waals surface area contributed by atoms with Crippen LogP contribution in [0.1, 0.15) is 38.2 Å². The summed E-state index contributed by atoms with van der Waals surface area (Å²) in [5.74, 6) is -0.213. The lowest BCUT2D eigenvalue weighted by atomic mass is 10.1. The first-order valence-corrected chi connectivity index (χ1v) is 11.5. The van der Waals surface area contributed by atoms with Crippen molar-refractivity contribution in [1.29, 1.82) is 0 Å². The number of methoxy groups -OCH3 is 1. The van der Waals surface area contributed by atoms with Crippen LogP contribution >= 0.6 is 0 Å². The van der Waals surface area contributed by atoms with Gasteiger partial charge in [0.2, 0.25) is 11.7 Å². The molecule has 3 rings (SSSR count). The number of ether oxygens (including phenoxy) is 2. The molecule has 34 heavy (non-hydrogen) atoms. The van der Waals surface area contributed by atoms with Gasteiger partial charge in [0.25, 0.3) is 5.91 Å². The van der Waals surface area contributed by atoms with E-state index < -0.39 is 11.0 Å². The van der Waals surface area contributed by atoms with Gasteiger partial charge in [-0.1, -0.05) is 43.2 Å². The quantitative estimate of drug-likeness (QED) is 0.398. The van der Waals surface area contributed by atoms with Gasteiger partial charge in [0.05, 0.1) is 12.0 Å². The Balaban J connectivity index is 1.68. The lowest BCUT2D eigenvalue weighted by molar-refractivity contribution is -0.385. The lowest BCUT2D eigenvalue weighted by Crippen LogP contribution is -2.51. The number of rotatable bonds is 11. The van der Waals surface area contributed by atoms with Crippen molar-refractivity contribution in [2.75, 3.05) is 20.3 Å². The average molecular weight is 470 g/mol. The Bertz CT molecular complexity index is 991. The van der Waals surface area contributed by atoms with E-state index in [1.54, 1.807) is 6.92 Å². The van der Waals surface area contributed by atoms with Crippen LogP contribution in [0.3, 0.4) is 0 Å². The first-order chi connectivity index (χ1) is 16.4. The molecule has 9 nitrogen and oxygen atoms in total. The van der Waals surface area contributed by atoms with Gasteiger partial charge in [0.15, 0.2) is 6.61 Å². The summed E-state index contributed by atoms with van der Waals surface area (Å²) in [4.78, 5) is 38.1. The van der Waals surface area contributed by atoms with Crippen molar-refractivity contribution in [3.05, 3.63) is 64.2 Å². The number of benzene rings is 2. The number of nitrogens with one attached hydrogen (secondary N) is 1. The Morgan fingerprint density at radius 2 is 1.88 bits per heavy atom. The number of carbonyl (C=O) groups is 2. The second kappa shape index (κ2) is 12.0. The second-order valence-corrected chi connectivity index (χ2v) is 8.37. The maximum Gasteiger partial charge on any atom is 0.311 e. The summed E-state index contributed by atoms with van der Waals surface area (Å²) in [6.07, 6.45) is 4.72. The van der Waals surface area contributed by atoms with Crippen molar-refractivity contribution in [2.45, 2.75) is 51.1 Å². The van der Waals surface area contributed by atoms with E-state index in [2.05, 4.69) is 5.32 Å². The summed E-state index contributed by atoms with van der Waals surface area (Å²) in [6, 6.07) is 13.3. The zero-order valence-corrected chi connectivity index (χ0v) is 19.6. The highest BCUT2D eigenvalue weighted by atomic mass is 16.6. The first-order valence-electron chi connectivity index (χ1n) is 11.5. The van der Waals surface area contributed by atoms with Crippen LogP contribution in [0.25, 0.3) is 0 Å². The molecule has 0 aromatic heterocycles. The molecule has 0 radical (unpaired) electrons. The average Bonchev–Trinajstić information content (AvgIpc) is 3.36. The maximum absolute atomic E-state index is 13.1. The van der Waals surface area contributed by atoms with Crippen molar-refractivity contribution in [2.24, 2.45) is 0 Å². The Morgan fingerprint density at radius 3 is 2.53 bits per heavy atom. The van der Waals surface area contributed by atoms with Gasteiger partial charge in [-0.25, -0.2) is 0 Å². The molecule has 1 N–H and O–H groups in total. The number of nitro benzene ring substituents is 1. The Kier molecular flexibility index (Phi) is 8.84. The molecule has 0 heterocycles. The first kappa shape index (κ1) is 25.0. The predicted molar refractivity (Wildman–Crippen MR) is 127 cm³/mol. The minimum Gasteiger partial charge on any atom is -0.490 e. The van der Waals surface area contributed by atoms with Crippen LogP contribution in [0.5, 0.6) is 11.5 Å². The van der Waals surface area contributed by atoms with Crippen LogP contribution in [0.2, 0.25) is 0 Å². The Morgan fingerprint density at radius 1 is 1.18 bits per heavy atom. The van der Waals surface area contributed by atoms with E-state index in [9.17, 15) is 19.7 Å². The van der Waals surface area contributed by atoms with E-state index in [0.717, 1.165) is 31.2 Å². The topological polar surface area (TPSA) is 111 Å². The van der Waals surface area contributed by atoms with Crippen LogP contribution in [-0.2, 0) is 16.0 Å². The van der Waals surface area contributed by atoms with Gasteiger partial charge >= 0.3 is 5.69 Å². The molecular formula is C25H31N3O6. The zero-order chi connectivity index (χ0) is 24.5. The van der Waals surface area contributed by atoms with Crippen LogP contribution in [0.15, 0.2) is 48.5 Å². The van der Waals surface area contributed by atoms with Crippen molar-refractivity contribution >= 4 is 17.5 Å². The number of nitrogens with zero attached hydrogens (tertiary/aromatic N) is 2. The van der Waals surface area contributed by atoms with Crippen molar-refractivity contribution in [3.8, 4) is 11.5 Å². The number of carbonyl (C=O) groups excluding carboxylic acids is 2. The molecule has 2 aromatic rings. The smallest absolute Gasteiger partial charge is 0.311 e. The lowest BCUT2D eigenvalue weighted by Gasteiger charge is -2.29. The fourth-order valence-electron chi connectivity index (χ4n) is 4.09. The van der Waals surface area contributed by atoms with Gasteiger partial charge in [0.1, 0.15) is 11.8 Å². The molecule has 1 fully saturated rings. The summed E-state index contributed by atoms with van der Waals surface area (Å²) in [5.41, 5.74) is 0.868. The van der Waals surface area contributed by atoms with Crippen molar-refractivity contribution in [1.82, 2.24) is 10.2 Å². The minimum atomic E-state index is -0.660. The molecule has 1 aliphatic rings. The van der Waals surface area contributed by atoms with E-state index in [0.29, 0.717) is 13.0 Å². The molecule has 2 amide bonds. The molecule has 0 unspecified atom stereocenters. The van der Waals surface area contributed by atoms with Crippen molar-refractivity contribution in [3.63, 3.8) is 0 Å². The number of hydrogen-bond donors (Lipinski definition) is 1. The van der Waals surface area contributed by atoms with Gasteiger partial charge in [-0.2, -0.15) is 0 Å². The summed E-state index contributed by atoms with van der Waals surface area (Å²) in [7, 11) is 1.33. The number of amides is 2. The molecule has 1 atom stereocenters. The van der Waals surface area contributed by atoms with Crippen molar-refractivity contribution < 1.29 is 24.0 Å². The van der Waals surface area contributed by atoms with Gasteiger partial charge in [-0.15, -0.1) is 0 Å². The molecule has 0 bridgehead atoms. The fourth-order valence-corrected chi connectivity index (χ4v) is 4.09. The molecule has 1 saturated carbocycles. The van der Waals surface area contributed by atoms with E-state index >= 15 is 0 Å². The molecule has 182 valence electrons. The SMILES string of the molecule is COc1cc(OCC(=O)N(CCc2ccccc2)[C@@H](C)C(=O)NC2CCCC2)ccc1[N+](=O)[O-]. The number of hydrogen-bond acceptors (Lipinski definition) is 6. The highest BCUT2D eigenvalue weighted by Gasteiger charge is 2.28. The van der Waals surface area contributed by atoms with E-state index in [4.69, 9.17) is 9.47 Å². The van der Waals surface area contributed by atoms with Gasteiger partial charge < -0.3 is 19.7 Å². The summed E-state index contributed by atoms with van der Waals surface area (Å²) >= 11 is 0. The fraction of sp³-hybridized carbons (Fsp3) is 0.440. The van der Waals surface area contributed by atoms with E-state index in [1.807, 2.05) is 30.3 Å². The van der Waals surface area contributed by atoms with Crippen LogP contribution < -0.4 is 14.8 Å². The molecule has 9 heteroatoms. The molecule has 1 aliphatic carbocycles. The molecule has 0 saturated heterocycles. The van der Waals surface area contributed by atoms with Crippen LogP contribution in [0.4, 0.5) is 5.69 Å². The second-order valence-electron chi connectivity index (χ2n) is 8.37. The largest absolute Gasteiger partial charge is 0.490 e. The third-order valence-electron chi connectivity index (χ3n) is 6.06. The van der Waals surface area contributed by atoms with Gasteiger partial charge in [0, 0.05) is 24.7 Å². The Hall–Kier alpha value is -3.62. The molecule has 0 aliphatic heterocycles. The standard InChI is InChI=1S/C25H31N3O6/c1-18(25(30)26-20-10-6-7-11-20)27(15-14-19-8-4-3-5-9-19)24(29)17-34-21-12-13-22(28(31)32)23(16-21)33-2/h3-5,8-9,12-13,16,18,20H,6-7,10-11,14-15,17H2,1-2H3,(H,26,30)/t18-/m0/s1. The summed E-state index contributed by atoms with van der Waals surface area (Å²) in [5, 5.41) is 14.1. The minimum absolute atomic E-state index is 0.0418. The predicted octanol–water partition coefficient (Wildman–Crippen LogP) is 3.50. The van der Waals surface area contributed by atoms with E-state index in [-0.39, 0.29) is 41.6 Å². The Labute approximate surface area is 199 Å². The van der Waals surface area contributed by atoms with Gasteiger partial charge in [-0.05, 0) is 37.8 Å². The third kappa shape index (κ3) is 6.69. The van der Waals surface area contributed by atoms with Gasteiger partial charge in [-0.3, -0.25) is 19.7 Å². The van der Waals surface area contributed by atoms with Crippen LogP contribution in [-0.4, -0.2) is 54.0 Å². The normalized spacial score (nSPS) is 14.3. The highest BCUT2D eigenvalue weighted by Crippen LogP contribution is 2.30. The number of nitro groups is 1. The molecule has 0 spiro atoms. The maximum atomic E-state index is 13.1. The van der Waals surface area contributed by atoms with Crippen LogP contribution in [0, 0.1) is 10.1 Å². The monoisotopic (exact) mass is 469 g/mol. The summed E-state index contributed by atoms with van der Waals surface area (Å²) in [6.45, 7) is 1.77. The molecule has 2 aromatic carbocycles. The zero-order valence-electron chi connectivity index (χ0n) is 19.6. The highest BCUT2D eigenvalue weighted by molar-refractivity contribution is 5.88. The van der Waals surface area contributed by atoms with E-state index in [1.165, 1.54) is 30.2 Å². The molecular weight excluding hydrogens is 438 g/mol.